The van der Waals surface area contributed by atoms with Crippen LogP contribution in [0.1, 0.15) is 51.2 Å². The second-order valence-electron chi connectivity index (χ2n) is 6.75. The van der Waals surface area contributed by atoms with Crippen LogP contribution in [-0.4, -0.2) is 30.6 Å². The Balaban J connectivity index is 0.00000441. The Morgan fingerprint density at radius 3 is 2.59 bits per heavy atom. The molecular weight excluding hydrogens is 407 g/mol. The Labute approximate surface area is 156 Å². The number of nitrogens with zero attached hydrogens (tertiary/aromatic N) is 2. The van der Waals surface area contributed by atoms with Crippen molar-refractivity contribution in [2.24, 2.45) is 10.4 Å². The number of aromatic nitrogens is 1. The zero-order valence-electron chi connectivity index (χ0n) is 14.7. The standard InChI is InChI=1S/C16H30N4S.HI/c1-12(7-9-16(3,4)5)19-15(17-6)18-10-8-14-11-21-13(2)20-14;/h11-12H,7-10H2,1-6H3,(H2,17,18,19);1H. The van der Waals surface area contributed by atoms with Gasteiger partial charge in [0, 0.05) is 31.4 Å². The van der Waals surface area contributed by atoms with Gasteiger partial charge in [0.1, 0.15) is 0 Å². The molecule has 0 aliphatic heterocycles. The van der Waals surface area contributed by atoms with Gasteiger partial charge in [0.15, 0.2) is 5.96 Å². The van der Waals surface area contributed by atoms with E-state index in [9.17, 15) is 0 Å². The van der Waals surface area contributed by atoms with E-state index >= 15 is 0 Å². The highest BCUT2D eigenvalue weighted by molar-refractivity contribution is 14.0. The van der Waals surface area contributed by atoms with Gasteiger partial charge in [0.2, 0.25) is 0 Å². The second kappa shape index (κ2) is 10.4. The first-order chi connectivity index (χ1) is 9.80. The Morgan fingerprint density at radius 2 is 2.09 bits per heavy atom. The van der Waals surface area contributed by atoms with Crippen LogP contribution in [0.15, 0.2) is 10.4 Å². The first kappa shape index (κ1) is 21.6. The van der Waals surface area contributed by atoms with E-state index in [0.717, 1.165) is 36.0 Å². The van der Waals surface area contributed by atoms with Crippen LogP contribution in [0.25, 0.3) is 0 Å². The molecule has 1 aromatic rings. The highest BCUT2D eigenvalue weighted by Gasteiger charge is 2.13. The molecule has 0 saturated heterocycles. The van der Waals surface area contributed by atoms with Gasteiger partial charge in [-0.1, -0.05) is 20.8 Å². The maximum absolute atomic E-state index is 4.47. The van der Waals surface area contributed by atoms with Crippen LogP contribution in [-0.2, 0) is 6.42 Å². The summed E-state index contributed by atoms with van der Waals surface area (Å²) in [5.41, 5.74) is 1.54. The van der Waals surface area contributed by atoms with E-state index < -0.39 is 0 Å². The predicted octanol–water partition coefficient (Wildman–Crippen LogP) is 3.99. The smallest absolute Gasteiger partial charge is 0.191 e. The third-order valence-corrected chi connectivity index (χ3v) is 4.10. The second-order valence-corrected chi connectivity index (χ2v) is 7.81. The number of aryl methyl sites for hydroxylation is 1. The van der Waals surface area contributed by atoms with Crippen LogP contribution in [0.5, 0.6) is 0 Å². The van der Waals surface area contributed by atoms with Gasteiger partial charge in [0.05, 0.1) is 10.7 Å². The summed E-state index contributed by atoms with van der Waals surface area (Å²) >= 11 is 1.70. The first-order valence-corrected chi connectivity index (χ1v) is 8.56. The Morgan fingerprint density at radius 1 is 1.41 bits per heavy atom. The molecule has 0 spiro atoms. The number of thiazole rings is 1. The third kappa shape index (κ3) is 9.61. The number of nitrogens with one attached hydrogen (secondary N) is 2. The summed E-state index contributed by atoms with van der Waals surface area (Å²) in [6, 6.07) is 0.428. The number of aliphatic imine (C=N–C) groups is 1. The molecule has 4 nitrogen and oxygen atoms in total. The minimum Gasteiger partial charge on any atom is -0.356 e. The molecule has 128 valence electrons. The number of hydrogen-bond donors (Lipinski definition) is 2. The number of guanidine groups is 1. The molecule has 0 aromatic carbocycles. The van der Waals surface area contributed by atoms with Gasteiger partial charge in [-0.05, 0) is 32.1 Å². The molecule has 1 atom stereocenters. The van der Waals surface area contributed by atoms with Gasteiger partial charge in [-0.25, -0.2) is 4.98 Å². The lowest BCUT2D eigenvalue weighted by Gasteiger charge is -2.23. The molecule has 1 rings (SSSR count). The molecule has 2 N–H and O–H groups in total. The average Bonchev–Trinajstić information content (AvgIpc) is 2.80. The summed E-state index contributed by atoms with van der Waals surface area (Å²) in [6.45, 7) is 11.9. The lowest BCUT2D eigenvalue weighted by atomic mass is 9.89. The van der Waals surface area contributed by atoms with Gasteiger partial charge in [0.25, 0.3) is 0 Å². The van der Waals surface area contributed by atoms with Crippen molar-refractivity contribution in [2.75, 3.05) is 13.6 Å². The average molecular weight is 438 g/mol. The molecule has 0 amide bonds. The van der Waals surface area contributed by atoms with Crippen molar-refractivity contribution in [1.29, 1.82) is 0 Å². The molecule has 0 bridgehead atoms. The molecule has 1 heterocycles. The third-order valence-electron chi connectivity index (χ3n) is 3.27. The first-order valence-electron chi connectivity index (χ1n) is 7.68. The number of hydrogen-bond acceptors (Lipinski definition) is 3. The van der Waals surface area contributed by atoms with Crippen LogP contribution < -0.4 is 10.6 Å². The van der Waals surface area contributed by atoms with Gasteiger partial charge in [-0.2, -0.15) is 0 Å². The highest BCUT2D eigenvalue weighted by atomic mass is 127. The van der Waals surface area contributed by atoms with Gasteiger partial charge in [-0.3, -0.25) is 4.99 Å². The Hall–Kier alpha value is -0.370. The Bertz CT molecular complexity index is 451. The zero-order chi connectivity index (χ0) is 15.9. The van der Waals surface area contributed by atoms with Crippen LogP contribution in [0.3, 0.4) is 0 Å². The largest absolute Gasteiger partial charge is 0.356 e. The van der Waals surface area contributed by atoms with E-state index in [0.29, 0.717) is 11.5 Å². The van der Waals surface area contributed by atoms with E-state index in [-0.39, 0.29) is 24.0 Å². The topological polar surface area (TPSA) is 49.3 Å². The van der Waals surface area contributed by atoms with Crippen molar-refractivity contribution in [2.45, 2.75) is 59.9 Å². The minimum atomic E-state index is 0. The molecular formula is C16H31IN4S. The summed E-state index contributed by atoms with van der Waals surface area (Å²) < 4.78 is 0. The molecule has 0 aliphatic carbocycles. The summed E-state index contributed by atoms with van der Waals surface area (Å²) in [5, 5.41) is 10.1. The van der Waals surface area contributed by atoms with Crippen molar-refractivity contribution in [3.63, 3.8) is 0 Å². The maximum atomic E-state index is 4.47. The fraction of sp³-hybridized carbons (Fsp3) is 0.750. The van der Waals surface area contributed by atoms with Crippen molar-refractivity contribution in [1.82, 2.24) is 15.6 Å². The van der Waals surface area contributed by atoms with E-state index in [1.54, 1.807) is 11.3 Å². The van der Waals surface area contributed by atoms with Crippen LogP contribution >= 0.6 is 35.3 Å². The Kier molecular flexibility index (Phi) is 10.2. The minimum absolute atomic E-state index is 0. The molecule has 22 heavy (non-hydrogen) atoms. The van der Waals surface area contributed by atoms with Gasteiger partial charge in [-0.15, -0.1) is 35.3 Å². The molecule has 0 fully saturated rings. The molecule has 1 aromatic heterocycles. The summed E-state index contributed by atoms with van der Waals surface area (Å²) in [4.78, 5) is 8.75. The number of halogens is 1. The highest BCUT2D eigenvalue weighted by Crippen LogP contribution is 2.21. The number of rotatable bonds is 6. The van der Waals surface area contributed by atoms with Crippen LogP contribution in [0.2, 0.25) is 0 Å². The molecule has 0 aliphatic rings. The molecule has 0 saturated carbocycles. The van der Waals surface area contributed by atoms with E-state index in [2.05, 4.69) is 53.7 Å². The van der Waals surface area contributed by atoms with Crippen molar-refractivity contribution in [3.8, 4) is 0 Å². The lowest BCUT2D eigenvalue weighted by Crippen LogP contribution is -2.43. The van der Waals surface area contributed by atoms with Crippen molar-refractivity contribution in [3.05, 3.63) is 16.1 Å². The van der Waals surface area contributed by atoms with Gasteiger partial charge < -0.3 is 10.6 Å². The predicted molar refractivity (Wildman–Crippen MR) is 109 cm³/mol. The van der Waals surface area contributed by atoms with Crippen LogP contribution in [0, 0.1) is 12.3 Å². The lowest BCUT2D eigenvalue weighted by molar-refractivity contribution is 0.346. The van der Waals surface area contributed by atoms with E-state index in [1.165, 1.54) is 6.42 Å². The summed E-state index contributed by atoms with van der Waals surface area (Å²) in [5.74, 6) is 0.878. The molecule has 6 heteroatoms. The van der Waals surface area contributed by atoms with Gasteiger partial charge >= 0.3 is 0 Å². The van der Waals surface area contributed by atoms with E-state index in [1.807, 2.05) is 14.0 Å². The normalized spacial score (nSPS) is 13.5. The molecule has 1 unspecified atom stereocenters. The maximum Gasteiger partial charge on any atom is 0.191 e. The quantitative estimate of drug-likeness (QED) is 0.401. The summed E-state index contributed by atoms with van der Waals surface area (Å²) in [7, 11) is 1.82. The van der Waals surface area contributed by atoms with Crippen molar-refractivity contribution >= 4 is 41.3 Å². The summed E-state index contributed by atoms with van der Waals surface area (Å²) in [6.07, 6.45) is 3.28. The zero-order valence-corrected chi connectivity index (χ0v) is 17.8. The fourth-order valence-corrected chi connectivity index (χ4v) is 2.63. The SMILES string of the molecule is CN=C(NCCc1csc(C)n1)NC(C)CCC(C)(C)C.I. The monoisotopic (exact) mass is 438 g/mol. The van der Waals surface area contributed by atoms with E-state index in [4.69, 9.17) is 0 Å². The van der Waals surface area contributed by atoms with Crippen LogP contribution in [0.4, 0.5) is 0 Å². The molecule has 0 radical (unpaired) electrons. The van der Waals surface area contributed by atoms with Crippen molar-refractivity contribution < 1.29 is 0 Å². The fourth-order valence-electron chi connectivity index (χ4n) is 1.98.